The lowest BCUT2D eigenvalue weighted by atomic mass is 10.0. The van der Waals surface area contributed by atoms with Crippen LogP contribution in [0.3, 0.4) is 0 Å². The summed E-state index contributed by atoms with van der Waals surface area (Å²) < 4.78 is 5.30. The van der Waals surface area contributed by atoms with Gasteiger partial charge in [-0.2, -0.15) is 0 Å². The second kappa shape index (κ2) is 6.06. The van der Waals surface area contributed by atoms with Crippen molar-refractivity contribution in [2.45, 2.75) is 32.2 Å². The number of likely N-dealkylation sites (tertiary alicyclic amines) is 1. The standard InChI is InChI=1S/C15H22N2O2/c1-3-11-10-12(6-7-13(11)19-2)14(16)15(18)17-8-4-5-9-17/h6-7,10,14H,3-5,8-9,16H2,1-2H3. The molecule has 4 nitrogen and oxygen atoms in total. The monoisotopic (exact) mass is 262 g/mol. The van der Waals surface area contributed by atoms with Crippen molar-refractivity contribution in [1.82, 2.24) is 4.90 Å². The molecule has 1 unspecified atom stereocenters. The maximum absolute atomic E-state index is 12.3. The van der Waals surface area contributed by atoms with Crippen LogP contribution in [0.2, 0.25) is 0 Å². The molecule has 1 fully saturated rings. The fourth-order valence-electron chi connectivity index (χ4n) is 2.55. The summed E-state index contributed by atoms with van der Waals surface area (Å²) in [5.74, 6) is 0.886. The molecule has 0 aliphatic carbocycles. The van der Waals surface area contributed by atoms with E-state index >= 15 is 0 Å². The number of benzene rings is 1. The van der Waals surface area contributed by atoms with Gasteiger partial charge >= 0.3 is 0 Å². The Morgan fingerprint density at radius 3 is 2.68 bits per heavy atom. The average Bonchev–Trinajstić information content (AvgIpc) is 2.99. The molecular weight excluding hydrogens is 240 g/mol. The first kappa shape index (κ1) is 13.9. The predicted octanol–water partition coefficient (Wildman–Crippen LogP) is 1.88. The Kier molecular flexibility index (Phi) is 4.43. The summed E-state index contributed by atoms with van der Waals surface area (Å²) >= 11 is 0. The van der Waals surface area contributed by atoms with Crippen molar-refractivity contribution >= 4 is 5.91 Å². The molecule has 0 radical (unpaired) electrons. The van der Waals surface area contributed by atoms with Gasteiger partial charge in [-0.1, -0.05) is 19.1 Å². The van der Waals surface area contributed by atoms with E-state index in [1.807, 2.05) is 23.1 Å². The molecule has 1 amide bonds. The molecule has 1 aliphatic heterocycles. The molecule has 1 atom stereocenters. The fourth-order valence-corrected chi connectivity index (χ4v) is 2.55. The third kappa shape index (κ3) is 2.89. The molecule has 104 valence electrons. The van der Waals surface area contributed by atoms with Gasteiger partial charge in [-0.05, 0) is 36.5 Å². The highest BCUT2D eigenvalue weighted by Crippen LogP contribution is 2.24. The number of hydrogen-bond donors (Lipinski definition) is 1. The number of hydrogen-bond acceptors (Lipinski definition) is 3. The largest absolute Gasteiger partial charge is 0.496 e. The molecule has 1 heterocycles. The van der Waals surface area contributed by atoms with Crippen molar-refractivity contribution in [3.8, 4) is 5.75 Å². The number of carbonyl (C=O) groups is 1. The molecular formula is C15H22N2O2. The first-order valence-electron chi connectivity index (χ1n) is 6.88. The van der Waals surface area contributed by atoms with Crippen LogP contribution in [0.25, 0.3) is 0 Å². The Bertz CT molecular complexity index is 453. The number of nitrogens with two attached hydrogens (primary N) is 1. The number of carbonyl (C=O) groups excluding carboxylic acids is 1. The van der Waals surface area contributed by atoms with Crippen LogP contribution >= 0.6 is 0 Å². The number of amides is 1. The molecule has 2 N–H and O–H groups in total. The summed E-state index contributed by atoms with van der Waals surface area (Å²) in [5, 5.41) is 0. The first-order chi connectivity index (χ1) is 9.17. The third-order valence-electron chi connectivity index (χ3n) is 3.73. The lowest BCUT2D eigenvalue weighted by molar-refractivity contribution is -0.131. The van der Waals surface area contributed by atoms with Crippen LogP contribution in [-0.4, -0.2) is 31.0 Å². The van der Waals surface area contributed by atoms with Gasteiger partial charge in [-0.25, -0.2) is 0 Å². The molecule has 0 aromatic heterocycles. The molecule has 4 heteroatoms. The van der Waals surface area contributed by atoms with E-state index in [2.05, 4.69) is 6.92 Å². The van der Waals surface area contributed by atoms with Gasteiger partial charge in [0, 0.05) is 13.1 Å². The van der Waals surface area contributed by atoms with E-state index in [1.54, 1.807) is 7.11 Å². The van der Waals surface area contributed by atoms with Crippen molar-refractivity contribution in [2.24, 2.45) is 5.73 Å². The summed E-state index contributed by atoms with van der Waals surface area (Å²) in [5.41, 5.74) is 8.06. The molecule has 0 saturated carbocycles. The highest BCUT2D eigenvalue weighted by atomic mass is 16.5. The van der Waals surface area contributed by atoms with Crippen LogP contribution < -0.4 is 10.5 Å². The van der Waals surface area contributed by atoms with Crippen molar-refractivity contribution in [1.29, 1.82) is 0 Å². The second-order valence-electron chi connectivity index (χ2n) is 4.93. The maximum Gasteiger partial charge on any atom is 0.244 e. The Labute approximate surface area is 114 Å². The van der Waals surface area contributed by atoms with Crippen LogP contribution in [0.5, 0.6) is 5.75 Å². The Hall–Kier alpha value is -1.55. The van der Waals surface area contributed by atoms with Gasteiger partial charge in [0.05, 0.1) is 7.11 Å². The zero-order chi connectivity index (χ0) is 13.8. The van der Waals surface area contributed by atoms with Gasteiger partial charge in [0.1, 0.15) is 11.8 Å². The van der Waals surface area contributed by atoms with Crippen molar-refractivity contribution < 1.29 is 9.53 Å². The maximum atomic E-state index is 12.3. The summed E-state index contributed by atoms with van der Waals surface area (Å²) in [4.78, 5) is 14.1. The van der Waals surface area contributed by atoms with E-state index in [-0.39, 0.29) is 5.91 Å². The summed E-state index contributed by atoms with van der Waals surface area (Å²) in [6.07, 6.45) is 3.03. The summed E-state index contributed by atoms with van der Waals surface area (Å²) in [6, 6.07) is 5.20. The van der Waals surface area contributed by atoms with Crippen LogP contribution in [0.4, 0.5) is 0 Å². The number of methoxy groups -OCH3 is 1. The lowest BCUT2D eigenvalue weighted by Crippen LogP contribution is -2.36. The van der Waals surface area contributed by atoms with E-state index in [0.717, 1.165) is 49.2 Å². The molecule has 0 bridgehead atoms. The van der Waals surface area contributed by atoms with Crippen LogP contribution in [-0.2, 0) is 11.2 Å². The van der Waals surface area contributed by atoms with Gasteiger partial charge in [0.15, 0.2) is 0 Å². The van der Waals surface area contributed by atoms with Crippen molar-refractivity contribution in [3.63, 3.8) is 0 Å². The zero-order valence-corrected chi connectivity index (χ0v) is 11.7. The number of aryl methyl sites for hydroxylation is 1. The highest BCUT2D eigenvalue weighted by Gasteiger charge is 2.25. The van der Waals surface area contributed by atoms with E-state index in [1.165, 1.54) is 0 Å². The number of rotatable bonds is 4. The Balaban J connectivity index is 2.18. The topological polar surface area (TPSA) is 55.6 Å². The van der Waals surface area contributed by atoms with Gasteiger partial charge in [-0.15, -0.1) is 0 Å². The average molecular weight is 262 g/mol. The van der Waals surface area contributed by atoms with E-state index in [4.69, 9.17) is 10.5 Å². The normalized spacial score (nSPS) is 16.5. The smallest absolute Gasteiger partial charge is 0.244 e. The number of ether oxygens (including phenoxy) is 1. The van der Waals surface area contributed by atoms with Crippen molar-refractivity contribution in [2.75, 3.05) is 20.2 Å². The van der Waals surface area contributed by atoms with E-state index < -0.39 is 6.04 Å². The van der Waals surface area contributed by atoms with Crippen LogP contribution in [0.1, 0.15) is 36.9 Å². The molecule has 0 spiro atoms. The van der Waals surface area contributed by atoms with Gasteiger partial charge < -0.3 is 15.4 Å². The second-order valence-corrected chi connectivity index (χ2v) is 4.93. The summed E-state index contributed by atoms with van der Waals surface area (Å²) in [6.45, 7) is 3.74. The Morgan fingerprint density at radius 1 is 1.42 bits per heavy atom. The predicted molar refractivity (Wildman–Crippen MR) is 75.1 cm³/mol. The minimum atomic E-state index is -0.561. The van der Waals surface area contributed by atoms with Crippen LogP contribution in [0.15, 0.2) is 18.2 Å². The summed E-state index contributed by atoms with van der Waals surface area (Å²) in [7, 11) is 1.66. The van der Waals surface area contributed by atoms with Crippen molar-refractivity contribution in [3.05, 3.63) is 29.3 Å². The minimum absolute atomic E-state index is 0.0321. The van der Waals surface area contributed by atoms with Crippen LogP contribution in [0, 0.1) is 0 Å². The Morgan fingerprint density at radius 2 is 2.11 bits per heavy atom. The van der Waals surface area contributed by atoms with Gasteiger partial charge in [0.2, 0.25) is 5.91 Å². The highest BCUT2D eigenvalue weighted by molar-refractivity contribution is 5.83. The van der Waals surface area contributed by atoms with Gasteiger partial charge in [0.25, 0.3) is 0 Å². The van der Waals surface area contributed by atoms with E-state index in [9.17, 15) is 4.79 Å². The minimum Gasteiger partial charge on any atom is -0.496 e. The zero-order valence-electron chi connectivity index (χ0n) is 11.7. The SMILES string of the molecule is CCc1cc(C(N)C(=O)N2CCCC2)ccc1OC. The molecule has 1 saturated heterocycles. The molecule has 2 rings (SSSR count). The number of nitrogens with zero attached hydrogens (tertiary/aromatic N) is 1. The fraction of sp³-hybridized carbons (Fsp3) is 0.533. The third-order valence-corrected chi connectivity index (χ3v) is 3.73. The van der Waals surface area contributed by atoms with Gasteiger partial charge in [-0.3, -0.25) is 4.79 Å². The molecule has 19 heavy (non-hydrogen) atoms. The van der Waals surface area contributed by atoms with E-state index in [0.29, 0.717) is 0 Å². The molecule has 1 aromatic carbocycles. The molecule has 1 aromatic rings. The quantitative estimate of drug-likeness (QED) is 0.901. The lowest BCUT2D eigenvalue weighted by Gasteiger charge is -2.21. The first-order valence-corrected chi connectivity index (χ1v) is 6.88. The molecule has 1 aliphatic rings.